The van der Waals surface area contributed by atoms with E-state index in [1.54, 1.807) is 0 Å². The Kier molecular flexibility index (Phi) is 2.15. The van der Waals surface area contributed by atoms with Gasteiger partial charge in [-0.25, -0.2) is 0 Å². The average molecular weight is 126 g/mol. The van der Waals surface area contributed by atoms with Crippen molar-refractivity contribution in [3.05, 3.63) is 0 Å². The third-order valence-electron chi connectivity index (χ3n) is 3.14. The summed E-state index contributed by atoms with van der Waals surface area (Å²) in [6.07, 6.45) is 4.31. The van der Waals surface area contributed by atoms with Crippen LogP contribution < -0.4 is 0 Å². The van der Waals surface area contributed by atoms with Crippen molar-refractivity contribution in [3.63, 3.8) is 0 Å². The molecule has 0 aromatic heterocycles. The highest BCUT2D eigenvalue weighted by Gasteiger charge is 2.34. The van der Waals surface area contributed by atoms with Gasteiger partial charge in [-0.2, -0.15) is 0 Å². The highest BCUT2D eigenvalue weighted by atomic mass is 14.4. The summed E-state index contributed by atoms with van der Waals surface area (Å²) in [5, 5.41) is 0. The molecule has 0 aromatic rings. The minimum Gasteiger partial charge on any atom is -0.0651 e. The Hall–Kier alpha value is 0. The molecule has 1 aliphatic rings. The lowest BCUT2D eigenvalue weighted by Crippen LogP contribution is -2.33. The van der Waals surface area contributed by atoms with Crippen LogP contribution in [0.2, 0.25) is 0 Å². The molecule has 1 saturated carbocycles. The molecule has 54 valence electrons. The monoisotopic (exact) mass is 126 g/mol. The van der Waals surface area contributed by atoms with Gasteiger partial charge in [-0.15, -0.1) is 0 Å². The summed E-state index contributed by atoms with van der Waals surface area (Å²) in [6.45, 7) is 7.03. The summed E-state index contributed by atoms with van der Waals surface area (Å²) in [5.74, 6) is 3.16. The molecule has 0 aromatic carbocycles. The lowest BCUT2D eigenvalue weighted by molar-refractivity contribution is 0.0811. The van der Waals surface area contributed by atoms with Crippen LogP contribution in [0, 0.1) is 17.8 Å². The predicted octanol–water partition coefficient (Wildman–Crippen LogP) is 3.08. The van der Waals surface area contributed by atoms with Gasteiger partial charge in [0.15, 0.2) is 0 Å². The molecule has 2 unspecified atom stereocenters. The maximum atomic E-state index is 2.41. The fourth-order valence-electron chi connectivity index (χ4n) is 2.08. The van der Waals surface area contributed by atoms with Crippen LogP contribution in [-0.2, 0) is 0 Å². The Morgan fingerprint density at radius 1 is 1.11 bits per heavy atom. The lowest BCUT2D eigenvalue weighted by Gasteiger charge is -2.42. The maximum Gasteiger partial charge on any atom is -0.0386 e. The van der Waals surface area contributed by atoms with Gasteiger partial charge < -0.3 is 0 Å². The Labute approximate surface area is 58.7 Å². The van der Waals surface area contributed by atoms with Crippen molar-refractivity contribution < 1.29 is 0 Å². The van der Waals surface area contributed by atoms with Crippen molar-refractivity contribution in [2.24, 2.45) is 17.8 Å². The Morgan fingerprint density at radius 3 is 1.78 bits per heavy atom. The third-order valence-corrected chi connectivity index (χ3v) is 3.14. The minimum absolute atomic E-state index is 1.03. The molecular weight excluding hydrogens is 108 g/mol. The number of rotatable bonds is 2. The molecule has 9 heavy (non-hydrogen) atoms. The van der Waals surface area contributed by atoms with E-state index in [1.165, 1.54) is 19.3 Å². The van der Waals surface area contributed by atoms with Crippen molar-refractivity contribution >= 4 is 0 Å². The van der Waals surface area contributed by atoms with Crippen molar-refractivity contribution in [2.75, 3.05) is 0 Å². The molecule has 1 rings (SSSR count). The molecule has 0 bridgehead atoms. The summed E-state index contributed by atoms with van der Waals surface area (Å²) in [7, 11) is 0. The SMILES string of the molecule is CCC1CC(CC)C1C. The first kappa shape index (κ1) is 7.11. The molecule has 1 aliphatic carbocycles. The summed E-state index contributed by atoms with van der Waals surface area (Å²) in [4.78, 5) is 0. The predicted molar refractivity (Wildman–Crippen MR) is 41.3 cm³/mol. The van der Waals surface area contributed by atoms with Crippen molar-refractivity contribution in [1.82, 2.24) is 0 Å². The van der Waals surface area contributed by atoms with E-state index in [0.717, 1.165) is 17.8 Å². The van der Waals surface area contributed by atoms with Crippen LogP contribution in [-0.4, -0.2) is 0 Å². The molecule has 0 nitrogen and oxygen atoms in total. The smallest absolute Gasteiger partial charge is 0.0386 e. The lowest BCUT2D eigenvalue weighted by atomic mass is 9.64. The Balaban J connectivity index is 2.24. The van der Waals surface area contributed by atoms with Crippen molar-refractivity contribution in [1.29, 1.82) is 0 Å². The molecule has 0 heterocycles. The second-order valence-corrected chi connectivity index (χ2v) is 3.43. The fourth-order valence-corrected chi connectivity index (χ4v) is 2.08. The van der Waals surface area contributed by atoms with Gasteiger partial charge in [0.1, 0.15) is 0 Å². The maximum absolute atomic E-state index is 2.41. The molecule has 0 radical (unpaired) electrons. The van der Waals surface area contributed by atoms with Crippen LogP contribution in [0.15, 0.2) is 0 Å². The van der Waals surface area contributed by atoms with E-state index in [9.17, 15) is 0 Å². The van der Waals surface area contributed by atoms with Gasteiger partial charge in [-0.05, 0) is 24.2 Å². The Morgan fingerprint density at radius 2 is 1.56 bits per heavy atom. The van der Waals surface area contributed by atoms with E-state index in [-0.39, 0.29) is 0 Å². The van der Waals surface area contributed by atoms with Crippen LogP contribution in [0.3, 0.4) is 0 Å². The third kappa shape index (κ3) is 1.12. The largest absolute Gasteiger partial charge is 0.0651 e. The molecule has 0 saturated heterocycles. The number of hydrogen-bond donors (Lipinski definition) is 0. The molecular formula is C9H18. The zero-order valence-corrected chi connectivity index (χ0v) is 6.85. The van der Waals surface area contributed by atoms with Crippen molar-refractivity contribution in [2.45, 2.75) is 40.0 Å². The van der Waals surface area contributed by atoms with E-state index in [2.05, 4.69) is 20.8 Å². The highest BCUT2D eigenvalue weighted by molar-refractivity contribution is 4.84. The van der Waals surface area contributed by atoms with E-state index in [1.807, 2.05) is 0 Å². The number of hydrogen-bond acceptors (Lipinski definition) is 0. The van der Waals surface area contributed by atoms with E-state index in [0.29, 0.717) is 0 Å². The zero-order valence-electron chi connectivity index (χ0n) is 6.85. The highest BCUT2D eigenvalue weighted by Crippen LogP contribution is 2.43. The van der Waals surface area contributed by atoms with Crippen LogP contribution in [0.4, 0.5) is 0 Å². The summed E-state index contributed by atoms with van der Waals surface area (Å²) in [6, 6.07) is 0. The summed E-state index contributed by atoms with van der Waals surface area (Å²) >= 11 is 0. The van der Waals surface area contributed by atoms with E-state index >= 15 is 0 Å². The first-order chi connectivity index (χ1) is 4.29. The standard InChI is InChI=1S/C9H18/c1-4-8-6-9(5-2)7(8)3/h7-9H,4-6H2,1-3H3. The van der Waals surface area contributed by atoms with Crippen LogP contribution in [0.1, 0.15) is 40.0 Å². The minimum atomic E-state index is 1.03. The molecule has 0 heteroatoms. The molecule has 1 fully saturated rings. The second kappa shape index (κ2) is 2.72. The fraction of sp³-hybridized carbons (Fsp3) is 1.00. The molecule has 0 spiro atoms. The average Bonchev–Trinajstić information content (AvgIpc) is 1.87. The van der Waals surface area contributed by atoms with Gasteiger partial charge in [0.25, 0.3) is 0 Å². The van der Waals surface area contributed by atoms with E-state index < -0.39 is 0 Å². The van der Waals surface area contributed by atoms with Crippen LogP contribution in [0.25, 0.3) is 0 Å². The van der Waals surface area contributed by atoms with Crippen LogP contribution in [0.5, 0.6) is 0 Å². The normalized spacial score (nSPS) is 42.3. The molecule has 0 aliphatic heterocycles. The first-order valence-corrected chi connectivity index (χ1v) is 4.29. The van der Waals surface area contributed by atoms with Gasteiger partial charge >= 0.3 is 0 Å². The first-order valence-electron chi connectivity index (χ1n) is 4.29. The van der Waals surface area contributed by atoms with Gasteiger partial charge in [-0.3, -0.25) is 0 Å². The molecule has 2 atom stereocenters. The van der Waals surface area contributed by atoms with Gasteiger partial charge in [0.05, 0.1) is 0 Å². The van der Waals surface area contributed by atoms with Crippen LogP contribution >= 0.6 is 0 Å². The van der Waals surface area contributed by atoms with Crippen molar-refractivity contribution in [3.8, 4) is 0 Å². The molecule has 0 amide bonds. The van der Waals surface area contributed by atoms with E-state index in [4.69, 9.17) is 0 Å². The summed E-state index contributed by atoms with van der Waals surface area (Å²) in [5.41, 5.74) is 0. The summed E-state index contributed by atoms with van der Waals surface area (Å²) < 4.78 is 0. The quantitative estimate of drug-likeness (QED) is 0.533. The Bertz CT molecular complexity index is 76.0. The van der Waals surface area contributed by atoms with Gasteiger partial charge in [0.2, 0.25) is 0 Å². The zero-order chi connectivity index (χ0) is 6.85. The second-order valence-electron chi connectivity index (χ2n) is 3.43. The van der Waals surface area contributed by atoms with Gasteiger partial charge in [0, 0.05) is 0 Å². The molecule has 0 N–H and O–H groups in total. The van der Waals surface area contributed by atoms with Gasteiger partial charge in [-0.1, -0.05) is 33.6 Å². The topological polar surface area (TPSA) is 0 Å².